The number of methoxy groups -OCH3 is 1. The SMILES string of the molecule is COc1ccc([N+](=O)[O-])cc1COC(=O)c1ccc(C)c(S(=O)(=O)N2CCCCC2)c1. The normalized spacial score (nSPS) is 14.8. The molecule has 0 unspecified atom stereocenters. The molecule has 0 radical (unpaired) electrons. The highest BCUT2D eigenvalue weighted by atomic mass is 32.2. The largest absolute Gasteiger partial charge is 0.496 e. The molecule has 1 heterocycles. The van der Waals surface area contributed by atoms with Gasteiger partial charge in [-0.3, -0.25) is 10.1 Å². The molecule has 9 nitrogen and oxygen atoms in total. The molecule has 1 fully saturated rings. The third kappa shape index (κ3) is 5.02. The number of hydrogen-bond donors (Lipinski definition) is 0. The first-order valence-electron chi connectivity index (χ1n) is 9.83. The molecule has 3 rings (SSSR count). The number of aryl methyl sites for hydroxylation is 1. The van der Waals surface area contributed by atoms with Crippen molar-refractivity contribution in [1.29, 1.82) is 0 Å². The molecule has 2 aromatic rings. The van der Waals surface area contributed by atoms with Gasteiger partial charge in [0.1, 0.15) is 12.4 Å². The average Bonchev–Trinajstić information content (AvgIpc) is 2.77. The molecule has 1 aliphatic rings. The zero-order valence-corrected chi connectivity index (χ0v) is 18.2. The molecule has 31 heavy (non-hydrogen) atoms. The van der Waals surface area contributed by atoms with Gasteiger partial charge in [0.2, 0.25) is 10.0 Å². The van der Waals surface area contributed by atoms with Crippen molar-refractivity contribution in [2.75, 3.05) is 20.2 Å². The Bertz CT molecular complexity index is 1090. The second-order valence-corrected chi connectivity index (χ2v) is 9.18. The Kier molecular flexibility index (Phi) is 6.91. The molecule has 1 saturated heterocycles. The number of carbonyl (C=O) groups excluding carboxylic acids is 1. The van der Waals surface area contributed by atoms with Gasteiger partial charge >= 0.3 is 5.97 Å². The van der Waals surface area contributed by atoms with Crippen LogP contribution in [-0.4, -0.2) is 43.8 Å². The highest BCUT2D eigenvalue weighted by Gasteiger charge is 2.28. The van der Waals surface area contributed by atoms with E-state index in [1.54, 1.807) is 13.0 Å². The molecule has 10 heteroatoms. The Balaban J connectivity index is 1.81. The number of non-ortho nitro benzene ring substituents is 1. The standard InChI is InChI=1S/C21H24N2O7S/c1-15-6-7-16(13-20(15)31(27,28)22-10-4-3-5-11-22)21(24)30-14-17-12-18(23(25)26)8-9-19(17)29-2/h6-9,12-13H,3-5,10-11,14H2,1-2H3. The van der Waals surface area contributed by atoms with Gasteiger partial charge < -0.3 is 9.47 Å². The number of piperidine rings is 1. The lowest BCUT2D eigenvalue weighted by molar-refractivity contribution is -0.385. The number of nitro groups is 1. The molecule has 0 N–H and O–H groups in total. The molecule has 0 atom stereocenters. The fraction of sp³-hybridized carbons (Fsp3) is 0.381. The number of carbonyl (C=O) groups is 1. The maximum atomic E-state index is 13.0. The first kappa shape index (κ1) is 22.7. The molecule has 0 saturated carbocycles. The third-order valence-electron chi connectivity index (χ3n) is 5.19. The first-order valence-corrected chi connectivity index (χ1v) is 11.3. The number of rotatable bonds is 7. The van der Waals surface area contributed by atoms with Crippen molar-refractivity contribution in [3.8, 4) is 5.75 Å². The van der Waals surface area contributed by atoms with Crippen molar-refractivity contribution >= 4 is 21.7 Å². The predicted molar refractivity (Wildman–Crippen MR) is 113 cm³/mol. The van der Waals surface area contributed by atoms with Crippen LogP contribution in [0.25, 0.3) is 0 Å². The van der Waals surface area contributed by atoms with Gasteiger partial charge in [-0.25, -0.2) is 13.2 Å². The first-order chi connectivity index (χ1) is 14.7. The molecule has 166 valence electrons. The molecular weight excluding hydrogens is 424 g/mol. The van der Waals surface area contributed by atoms with Gasteiger partial charge in [-0.15, -0.1) is 0 Å². The van der Waals surface area contributed by atoms with Gasteiger partial charge in [0, 0.05) is 30.8 Å². The number of ether oxygens (including phenoxy) is 2. The monoisotopic (exact) mass is 448 g/mol. The number of nitro benzene ring substituents is 1. The molecule has 0 amide bonds. The van der Waals surface area contributed by atoms with E-state index in [2.05, 4.69) is 0 Å². The summed E-state index contributed by atoms with van der Waals surface area (Å²) < 4.78 is 38.0. The zero-order valence-electron chi connectivity index (χ0n) is 17.4. The van der Waals surface area contributed by atoms with Crippen LogP contribution in [-0.2, 0) is 21.4 Å². The second-order valence-electron chi connectivity index (χ2n) is 7.27. The number of nitrogens with zero attached hydrogens (tertiary/aromatic N) is 2. The summed E-state index contributed by atoms with van der Waals surface area (Å²) in [5, 5.41) is 11.0. The van der Waals surface area contributed by atoms with Crippen molar-refractivity contribution in [3.05, 3.63) is 63.2 Å². The van der Waals surface area contributed by atoms with Crippen LogP contribution < -0.4 is 4.74 Å². The smallest absolute Gasteiger partial charge is 0.338 e. The minimum absolute atomic E-state index is 0.0804. The third-order valence-corrected chi connectivity index (χ3v) is 7.23. The van der Waals surface area contributed by atoms with Gasteiger partial charge in [-0.2, -0.15) is 4.31 Å². The summed E-state index contributed by atoms with van der Waals surface area (Å²) in [6.07, 6.45) is 2.62. The Labute approximate surface area is 180 Å². The van der Waals surface area contributed by atoms with Crippen molar-refractivity contribution in [3.63, 3.8) is 0 Å². The number of benzene rings is 2. The van der Waals surface area contributed by atoms with Crippen LogP contribution >= 0.6 is 0 Å². The van der Waals surface area contributed by atoms with E-state index >= 15 is 0 Å². The van der Waals surface area contributed by atoms with Crippen LogP contribution in [0.1, 0.15) is 40.7 Å². The number of hydrogen-bond acceptors (Lipinski definition) is 7. The van der Waals surface area contributed by atoms with Crippen LogP contribution in [0, 0.1) is 17.0 Å². The summed E-state index contributed by atoms with van der Waals surface area (Å²) in [6.45, 7) is 2.34. The predicted octanol–water partition coefficient (Wildman–Crippen LogP) is 3.44. The van der Waals surface area contributed by atoms with Crippen molar-refractivity contribution in [2.24, 2.45) is 0 Å². The fourth-order valence-electron chi connectivity index (χ4n) is 3.47. The fourth-order valence-corrected chi connectivity index (χ4v) is 5.24. The van der Waals surface area contributed by atoms with Crippen LogP contribution in [0.15, 0.2) is 41.3 Å². The van der Waals surface area contributed by atoms with Gasteiger partial charge in [-0.05, 0) is 43.5 Å². The van der Waals surface area contributed by atoms with Crippen molar-refractivity contribution in [1.82, 2.24) is 4.31 Å². The lowest BCUT2D eigenvalue weighted by Gasteiger charge is -2.26. The summed E-state index contributed by atoms with van der Waals surface area (Å²) in [5.74, 6) is -0.390. The molecule has 1 aliphatic heterocycles. The minimum atomic E-state index is -3.71. The highest BCUT2D eigenvalue weighted by molar-refractivity contribution is 7.89. The van der Waals surface area contributed by atoms with Gasteiger partial charge in [0.15, 0.2) is 0 Å². The molecule has 0 spiro atoms. The van der Waals surface area contributed by atoms with Gasteiger partial charge in [0.25, 0.3) is 5.69 Å². The van der Waals surface area contributed by atoms with E-state index in [9.17, 15) is 23.3 Å². The van der Waals surface area contributed by atoms with Crippen molar-refractivity contribution in [2.45, 2.75) is 37.7 Å². The topological polar surface area (TPSA) is 116 Å². The number of esters is 1. The molecule has 0 aromatic heterocycles. The Morgan fingerprint density at radius 3 is 2.48 bits per heavy atom. The Morgan fingerprint density at radius 2 is 1.84 bits per heavy atom. The average molecular weight is 448 g/mol. The number of sulfonamides is 1. The minimum Gasteiger partial charge on any atom is -0.496 e. The van der Waals surface area contributed by atoms with Crippen LogP contribution in [0.3, 0.4) is 0 Å². The van der Waals surface area contributed by atoms with Gasteiger partial charge in [-0.1, -0.05) is 12.5 Å². The maximum Gasteiger partial charge on any atom is 0.338 e. The summed E-state index contributed by atoms with van der Waals surface area (Å²) in [7, 11) is -2.30. The van der Waals surface area contributed by atoms with E-state index in [-0.39, 0.29) is 22.8 Å². The molecule has 0 aliphatic carbocycles. The molecular formula is C21H24N2O7S. The maximum absolute atomic E-state index is 13.0. The lowest BCUT2D eigenvalue weighted by atomic mass is 10.1. The summed E-state index contributed by atoms with van der Waals surface area (Å²) >= 11 is 0. The quantitative estimate of drug-likeness (QED) is 0.362. The summed E-state index contributed by atoms with van der Waals surface area (Å²) in [4.78, 5) is 23.1. The summed E-state index contributed by atoms with van der Waals surface area (Å²) in [6, 6.07) is 8.39. The second kappa shape index (κ2) is 9.44. The highest BCUT2D eigenvalue weighted by Crippen LogP contribution is 2.27. The Hall–Kier alpha value is -2.98. The van der Waals surface area contributed by atoms with Crippen LogP contribution in [0.4, 0.5) is 5.69 Å². The van der Waals surface area contributed by atoms with Crippen LogP contribution in [0.5, 0.6) is 5.75 Å². The van der Waals surface area contributed by atoms with Crippen molar-refractivity contribution < 1.29 is 27.6 Å². The Morgan fingerprint density at radius 1 is 1.13 bits per heavy atom. The van der Waals surface area contributed by atoms with E-state index in [4.69, 9.17) is 9.47 Å². The molecule has 0 bridgehead atoms. The van der Waals surface area contributed by atoms with E-state index in [1.165, 1.54) is 41.7 Å². The van der Waals surface area contributed by atoms with E-state index in [1.807, 2.05) is 0 Å². The zero-order chi connectivity index (χ0) is 22.6. The van der Waals surface area contributed by atoms with E-state index in [0.717, 1.165) is 19.3 Å². The van der Waals surface area contributed by atoms with E-state index in [0.29, 0.717) is 30.0 Å². The van der Waals surface area contributed by atoms with Gasteiger partial charge in [0.05, 0.1) is 22.5 Å². The summed E-state index contributed by atoms with van der Waals surface area (Å²) in [5.41, 5.74) is 0.809. The van der Waals surface area contributed by atoms with Crippen LogP contribution in [0.2, 0.25) is 0 Å². The molecule has 2 aromatic carbocycles. The van der Waals surface area contributed by atoms with E-state index < -0.39 is 20.9 Å². The lowest BCUT2D eigenvalue weighted by Crippen LogP contribution is -2.36.